The number of hydrogen-bond donors (Lipinski definition) is 0. The summed E-state index contributed by atoms with van der Waals surface area (Å²) in [5.41, 5.74) is 4.13. The van der Waals surface area contributed by atoms with Gasteiger partial charge < -0.3 is 9.64 Å². The van der Waals surface area contributed by atoms with Crippen molar-refractivity contribution in [2.24, 2.45) is 0 Å². The second-order valence-electron chi connectivity index (χ2n) is 5.93. The second kappa shape index (κ2) is 5.63. The van der Waals surface area contributed by atoms with Crippen molar-refractivity contribution in [3.63, 3.8) is 0 Å². The van der Waals surface area contributed by atoms with Crippen LogP contribution in [-0.2, 0) is 0 Å². The Morgan fingerprint density at radius 1 is 1.17 bits per heavy atom. The minimum atomic E-state index is 0.0367. The van der Waals surface area contributed by atoms with E-state index in [0.29, 0.717) is 5.56 Å². The summed E-state index contributed by atoms with van der Waals surface area (Å²) in [6.45, 7) is 3.56. The fourth-order valence-electron chi connectivity index (χ4n) is 2.92. The van der Waals surface area contributed by atoms with E-state index in [4.69, 9.17) is 4.74 Å². The van der Waals surface area contributed by atoms with Crippen molar-refractivity contribution in [3.8, 4) is 16.9 Å². The Morgan fingerprint density at radius 2 is 1.92 bits per heavy atom. The van der Waals surface area contributed by atoms with Crippen molar-refractivity contribution in [2.45, 2.75) is 13.3 Å². The Morgan fingerprint density at radius 3 is 2.54 bits per heavy atom. The summed E-state index contributed by atoms with van der Waals surface area (Å²) in [6.07, 6.45) is 4.53. The Hall–Kier alpha value is -2.89. The summed E-state index contributed by atoms with van der Waals surface area (Å²) >= 11 is 0. The molecule has 4 rings (SSSR count). The van der Waals surface area contributed by atoms with Crippen LogP contribution in [0.4, 0.5) is 0 Å². The summed E-state index contributed by atoms with van der Waals surface area (Å²) in [5.74, 6) is 0.844. The van der Waals surface area contributed by atoms with Gasteiger partial charge in [0.2, 0.25) is 0 Å². The highest BCUT2D eigenvalue weighted by molar-refractivity contribution is 5.96. The largest absolute Gasteiger partial charge is 0.497 e. The number of hydrogen-bond acceptors (Lipinski definition) is 4. The number of nitrogens with zero attached hydrogens (tertiary/aromatic N) is 4. The maximum Gasteiger partial charge on any atom is 0.257 e. The number of aromatic nitrogens is 3. The van der Waals surface area contributed by atoms with Gasteiger partial charge in [-0.2, -0.15) is 5.10 Å². The average molecular weight is 322 g/mol. The van der Waals surface area contributed by atoms with E-state index in [-0.39, 0.29) is 5.91 Å². The minimum absolute atomic E-state index is 0.0367. The summed E-state index contributed by atoms with van der Waals surface area (Å²) in [4.78, 5) is 18.8. The molecule has 24 heavy (non-hydrogen) atoms. The molecule has 0 bridgehead atoms. The highest BCUT2D eigenvalue weighted by Gasteiger charge is 2.24. The van der Waals surface area contributed by atoms with Crippen molar-refractivity contribution >= 4 is 11.6 Å². The number of amides is 1. The van der Waals surface area contributed by atoms with Crippen LogP contribution in [-0.4, -0.2) is 45.6 Å². The van der Waals surface area contributed by atoms with Crippen LogP contribution in [0.2, 0.25) is 0 Å². The number of benzene rings is 1. The molecule has 2 aromatic heterocycles. The van der Waals surface area contributed by atoms with Crippen LogP contribution in [0, 0.1) is 6.92 Å². The van der Waals surface area contributed by atoms with E-state index in [2.05, 4.69) is 10.1 Å². The van der Waals surface area contributed by atoms with Gasteiger partial charge in [-0.15, -0.1) is 0 Å². The standard InChI is InChI=1S/C18H18N4O2/c1-12-15(18(23)21-8-3-9-21)10-19-17-16(11-20-22(12)17)13-4-6-14(24-2)7-5-13/h4-7,10-11H,3,8-9H2,1-2H3. The number of methoxy groups -OCH3 is 1. The molecule has 0 N–H and O–H groups in total. The number of rotatable bonds is 3. The van der Waals surface area contributed by atoms with E-state index in [1.165, 1.54) is 0 Å². The summed E-state index contributed by atoms with van der Waals surface area (Å²) in [7, 11) is 1.64. The Kier molecular flexibility index (Phi) is 3.45. The van der Waals surface area contributed by atoms with E-state index in [0.717, 1.165) is 47.7 Å². The quantitative estimate of drug-likeness (QED) is 0.743. The number of likely N-dealkylation sites (tertiary alicyclic amines) is 1. The number of carbonyl (C=O) groups excluding carboxylic acids is 1. The fourth-order valence-corrected chi connectivity index (χ4v) is 2.92. The molecule has 0 atom stereocenters. The van der Waals surface area contributed by atoms with Gasteiger partial charge in [0.1, 0.15) is 5.75 Å². The first kappa shape index (κ1) is 14.7. The molecule has 3 aromatic rings. The molecule has 1 amide bonds. The molecule has 0 aliphatic carbocycles. The molecular weight excluding hydrogens is 304 g/mol. The maximum atomic E-state index is 12.5. The summed E-state index contributed by atoms with van der Waals surface area (Å²) < 4.78 is 6.94. The Bertz CT molecular complexity index is 911. The minimum Gasteiger partial charge on any atom is -0.497 e. The van der Waals surface area contributed by atoms with Crippen LogP contribution in [0.25, 0.3) is 16.8 Å². The lowest BCUT2D eigenvalue weighted by atomic mass is 10.1. The molecule has 3 heterocycles. The van der Waals surface area contributed by atoms with Crippen molar-refractivity contribution in [1.82, 2.24) is 19.5 Å². The third-order valence-corrected chi connectivity index (χ3v) is 4.54. The van der Waals surface area contributed by atoms with Gasteiger partial charge in [0, 0.05) is 24.8 Å². The molecule has 0 radical (unpaired) electrons. The number of fused-ring (bicyclic) bond motifs is 1. The molecule has 1 aliphatic heterocycles. The lowest BCUT2D eigenvalue weighted by Crippen LogP contribution is -2.42. The second-order valence-corrected chi connectivity index (χ2v) is 5.93. The maximum absolute atomic E-state index is 12.5. The van der Waals surface area contributed by atoms with Crippen LogP contribution in [0.3, 0.4) is 0 Å². The van der Waals surface area contributed by atoms with E-state index < -0.39 is 0 Å². The van der Waals surface area contributed by atoms with Crippen LogP contribution >= 0.6 is 0 Å². The van der Waals surface area contributed by atoms with Crippen LogP contribution < -0.4 is 4.74 Å². The Balaban J connectivity index is 1.76. The number of aryl methyl sites for hydroxylation is 1. The monoisotopic (exact) mass is 322 g/mol. The molecule has 122 valence electrons. The molecule has 0 unspecified atom stereocenters. The predicted octanol–water partition coefficient (Wildman–Crippen LogP) is 2.56. The summed E-state index contributed by atoms with van der Waals surface area (Å²) in [5, 5.41) is 4.44. The first-order chi connectivity index (χ1) is 11.7. The molecule has 6 heteroatoms. The van der Waals surface area contributed by atoms with Gasteiger partial charge in [-0.1, -0.05) is 12.1 Å². The molecule has 1 saturated heterocycles. The van der Waals surface area contributed by atoms with Crippen molar-refractivity contribution in [1.29, 1.82) is 0 Å². The smallest absolute Gasteiger partial charge is 0.257 e. The predicted molar refractivity (Wildman–Crippen MR) is 90.2 cm³/mol. The molecule has 1 fully saturated rings. The lowest BCUT2D eigenvalue weighted by molar-refractivity contribution is 0.0650. The zero-order valence-electron chi connectivity index (χ0n) is 13.7. The number of carbonyl (C=O) groups is 1. The van der Waals surface area contributed by atoms with Gasteiger partial charge in [0.05, 0.1) is 24.6 Å². The molecule has 1 aliphatic rings. The van der Waals surface area contributed by atoms with E-state index in [1.807, 2.05) is 36.1 Å². The zero-order valence-corrected chi connectivity index (χ0v) is 13.7. The van der Waals surface area contributed by atoms with Gasteiger partial charge in [-0.3, -0.25) is 4.79 Å². The highest BCUT2D eigenvalue weighted by atomic mass is 16.5. The van der Waals surface area contributed by atoms with Crippen molar-refractivity contribution in [2.75, 3.05) is 20.2 Å². The SMILES string of the molecule is COc1ccc(-c2cnn3c(C)c(C(=O)N4CCC4)cnc23)cc1. The Labute approximate surface area is 139 Å². The van der Waals surface area contributed by atoms with Crippen LogP contribution in [0.15, 0.2) is 36.7 Å². The lowest BCUT2D eigenvalue weighted by Gasteiger charge is -2.31. The molecule has 0 spiro atoms. The molecule has 0 saturated carbocycles. The van der Waals surface area contributed by atoms with Crippen molar-refractivity contribution in [3.05, 3.63) is 47.9 Å². The highest BCUT2D eigenvalue weighted by Crippen LogP contribution is 2.27. The van der Waals surface area contributed by atoms with Crippen molar-refractivity contribution < 1.29 is 9.53 Å². The van der Waals surface area contributed by atoms with Gasteiger partial charge >= 0.3 is 0 Å². The van der Waals surface area contributed by atoms with E-state index in [1.54, 1.807) is 24.0 Å². The third-order valence-electron chi connectivity index (χ3n) is 4.54. The van der Waals surface area contributed by atoms with E-state index >= 15 is 0 Å². The van der Waals surface area contributed by atoms with Gasteiger partial charge in [-0.25, -0.2) is 9.50 Å². The third kappa shape index (κ3) is 2.22. The van der Waals surface area contributed by atoms with Gasteiger partial charge in [0.25, 0.3) is 5.91 Å². The first-order valence-corrected chi connectivity index (χ1v) is 7.96. The normalized spacial score (nSPS) is 13.8. The van der Waals surface area contributed by atoms with Gasteiger partial charge in [0.15, 0.2) is 5.65 Å². The summed E-state index contributed by atoms with van der Waals surface area (Å²) in [6, 6.07) is 7.78. The average Bonchev–Trinajstić information content (AvgIpc) is 2.98. The topological polar surface area (TPSA) is 59.7 Å². The molecule has 6 nitrogen and oxygen atoms in total. The zero-order chi connectivity index (χ0) is 16.7. The fraction of sp³-hybridized carbons (Fsp3) is 0.278. The molecule has 1 aromatic carbocycles. The van der Waals surface area contributed by atoms with Crippen LogP contribution in [0.5, 0.6) is 5.75 Å². The van der Waals surface area contributed by atoms with Gasteiger partial charge in [-0.05, 0) is 31.0 Å². The first-order valence-electron chi connectivity index (χ1n) is 7.96. The molecular formula is C18H18N4O2. The van der Waals surface area contributed by atoms with E-state index in [9.17, 15) is 4.79 Å². The number of ether oxygens (including phenoxy) is 1. The van der Waals surface area contributed by atoms with Crippen LogP contribution in [0.1, 0.15) is 22.5 Å².